The Labute approximate surface area is 217 Å². The number of phenolic OH excluding ortho intramolecular Hbond substituents is 1. The van der Waals surface area contributed by atoms with Crippen LogP contribution in [0.15, 0.2) is 35.9 Å². The summed E-state index contributed by atoms with van der Waals surface area (Å²) in [5, 5.41) is 50.2. The second-order valence-corrected chi connectivity index (χ2v) is 9.14. The van der Waals surface area contributed by atoms with Gasteiger partial charge in [-0.15, -0.1) is 0 Å². The maximum atomic E-state index is 12.7. The van der Waals surface area contributed by atoms with Gasteiger partial charge >= 0.3 is 5.97 Å². The Kier molecular flexibility index (Phi) is 7.32. The standard InChI is InChI=1S/C26H28O12/c1-33-18-7-12(2-4-16(18)28)6-14-10-34-25(32)15(14)8-13-3-5-17-24(36-11-35-17)23(13)38-26-22(31)21(30)20(29)19(9-27)37-26/h2-5,7-8,14,19-22,26-31H,6,9-11H2,1H3. The van der Waals surface area contributed by atoms with Crippen molar-refractivity contribution in [3.63, 3.8) is 0 Å². The van der Waals surface area contributed by atoms with Crippen molar-refractivity contribution >= 4 is 12.0 Å². The van der Waals surface area contributed by atoms with Crippen LogP contribution in [-0.2, 0) is 20.7 Å². The first-order valence-electron chi connectivity index (χ1n) is 11.9. The largest absolute Gasteiger partial charge is 0.504 e. The van der Waals surface area contributed by atoms with Gasteiger partial charge in [-0.2, -0.15) is 0 Å². The van der Waals surface area contributed by atoms with Crippen LogP contribution in [0, 0.1) is 5.92 Å². The molecule has 12 nitrogen and oxygen atoms in total. The molecule has 0 radical (unpaired) electrons. The molecule has 2 aromatic rings. The van der Waals surface area contributed by atoms with Crippen LogP contribution in [0.4, 0.5) is 0 Å². The number of ether oxygens (including phenoxy) is 6. The Hall–Kier alpha value is -3.55. The van der Waals surface area contributed by atoms with Gasteiger partial charge in [0.15, 0.2) is 23.0 Å². The predicted octanol–water partition coefficient (Wildman–Crippen LogP) is 0.107. The van der Waals surface area contributed by atoms with E-state index in [1.807, 2.05) is 0 Å². The molecule has 6 atom stereocenters. The number of fused-ring (bicyclic) bond motifs is 1. The number of phenols is 1. The van der Waals surface area contributed by atoms with Crippen LogP contribution in [0.3, 0.4) is 0 Å². The Morgan fingerprint density at radius 1 is 1.05 bits per heavy atom. The van der Waals surface area contributed by atoms with Crippen LogP contribution in [-0.4, -0.2) is 89.3 Å². The number of aromatic hydroxyl groups is 1. The molecule has 3 aliphatic rings. The molecule has 0 saturated carbocycles. The molecule has 0 aliphatic carbocycles. The second kappa shape index (κ2) is 10.7. The minimum absolute atomic E-state index is 0.00103. The monoisotopic (exact) mass is 532 g/mol. The van der Waals surface area contributed by atoms with E-state index in [4.69, 9.17) is 28.4 Å². The Morgan fingerprint density at radius 2 is 1.87 bits per heavy atom. The quantitative estimate of drug-likeness (QED) is 0.241. The number of carbonyl (C=O) groups excluding carboxylic acids is 1. The van der Waals surface area contributed by atoms with Gasteiger partial charge in [-0.1, -0.05) is 6.07 Å². The minimum Gasteiger partial charge on any atom is -0.504 e. The molecule has 3 heterocycles. The fourth-order valence-electron chi connectivity index (χ4n) is 4.64. The van der Waals surface area contributed by atoms with Crippen molar-refractivity contribution in [3.05, 3.63) is 47.0 Å². The summed E-state index contributed by atoms with van der Waals surface area (Å²) in [4.78, 5) is 12.7. The topological polar surface area (TPSA) is 174 Å². The number of esters is 1. The van der Waals surface area contributed by atoms with Crippen molar-refractivity contribution in [3.8, 4) is 28.7 Å². The lowest BCUT2D eigenvalue weighted by Crippen LogP contribution is -2.60. The van der Waals surface area contributed by atoms with Gasteiger partial charge in [0.25, 0.3) is 0 Å². The summed E-state index contributed by atoms with van der Waals surface area (Å²) in [5.41, 5.74) is 1.56. The zero-order chi connectivity index (χ0) is 27.0. The molecule has 0 spiro atoms. The number of benzene rings is 2. The molecular formula is C26H28O12. The van der Waals surface area contributed by atoms with Gasteiger partial charge in [0, 0.05) is 17.1 Å². The van der Waals surface area contributed by atoms with Gasteiger partial charge in [0.05, 0.1) is 20.3 Å². The van der Waals surface area contributed by atoms with Crippen LogP contribution in [0.1, 0.15) is 11.1 Å². The third-order valence-corrected chi connectivity index (χ3v) is 6.74. The zero-order valence-electron chi connectivity index (χ0n) is 20.4. The van der Waals surface area contributed by atoms with Crippen LogP contribution in [0.25, 0.3) is 6.08 Å². The third-order valence-electron chi connectivity index (χ3n) is 6.74. The van der Waals surface area contributed by atoms with Gasteiger partial charge in [-0.3, -0.25) is 0 Å². The van der Waals surface area contributed by atoms with E-state index in [0.717, 1.165) is 5.56 Å². The van der Waals surface area contributed by atoms with Gasteiger partial charge < -0.3 is 54.0 Å². The summed E-state index contributed by atoms with van der Waals surface area (Å²) in [5.74, 6) is 0.0856. The summed E-state index contributed by atoms with van der Waals surface area (Å²) in [7, 11) is 1.45. The van der Waals surface area contributed by atoms with Gasteiger partial charge in [-0.25, -0.2) is 4.79 Å². The van der Waals surface area contributed by atoms with E-state index in [-0.39, 0.29) is 36.6 Å². The summed E-state index contributed by atoms with van der Waals surface area (Å²) >= 11 is 0. The number of methoxy groups -OCH3 is 1. The van der Waals surface area contributed by atoms with Crippen molar-refractivity contribution in [2.24, 2.45) is 5.92 Å². The fraction of sp³-hybridized carbons (Fsp3) is 0.423. The molecule has 204 valence electrons. The predicted molar refractivity (Wildman–Crippen MR) is 128 cm³/mol. The van der Waals surface area contributed by atoms with E-state index in [9.17, 15) is 30.3 Å². The lowest BCUT2D eigenvalue weighted by atomic mass is 9.92. The smallest absolute Gasteiger partial charge is 0.334 e. The van der Waals surface area contributed by atoms with E-state index in [1.54, 1.807) is 30.3 Å². The number of rotatable bonds is 7. The summed E-state index contributed by atoms with van der Waals surface area (Å²) in [6.45, 7) is -0.571. The van der Waals surface area contributed by atoms with Crippen molar-refractivity contribution in [2.75, 3.05) is 27.1 Å². The number of cyclic esters (lactones) is 1. The first kappa shape index (κ1) is 26.1. The number of hydrogen-bond donors (Lipinski definition) is 5. The minimum atomic E-state index is -1.65. The van der Waals surface area contributed by atoms with Crippen LogP contribution in [0.2, 0.25) is 0 Å². The highest BCUT2D eigenvalue weighted by molar-refractivity contribution is 5.96. The molecule has 38 heavy (non-hydrogen) atoms. The molecule has 5 rings (SSSR count). The van der Waals surface area contributed by atoms with E-state index >= 15 is 0 Å². The Morgan fingerprint density at radius 3 is 2.63 bits per heavy atom. The SMILES string of the molecule is COc1cc(CC2COC(=O)C2=Cc2ccc3c(c2OC2OC(CO)C(O)C(O)C2O)OCO3)ccc1O. The molecule has 0 aromatic heterocycles. The highest BCUT2D eigenvalue weighted by atomic mass is 16.7. The van der Waals surface area contributed by atoms with E-state index in [2.05, 4.69) is 0 Å². The molecule has 6 unspecified atom stereocenters. The number of hydrogen-bond acceptors (Lipinski definition) is 12. The van der Waals surface area contributed by atoms with Gasteiger partial charge in [0.2, 0.25) is 18.8 Å². The van der Waals surface area contributed by atoms with Gasteiger partial charge in [0.1, 0.15) is 24.4 Å². The maximum absolute atomic E-state index is 12.7. The van der Waals surface area contributed by atoms with Crippen molar-refractivity contribution in [1.29, 1.82) is 0 Å². The summed E-state index contributed by atoms with van der Waals surface area (Å²) in [6, 6.07) is 8.19. The maximum Gasteiger partial charge on any atom is 0.334 e. The normalized spacial score (nSPS) is 29.4. The first-order chi connectivity index (χ1) is 18.3. The number of aliphatic hydroxyl groups excluding tert-OH is 4. The summed E-state index contributed by atoms with van der Waals surface area (Å²) < 4.78 is 32.9. The van der Waals surface area contributed by atoms with Crippen molar-refractivity contribution < 1.29 is 58.7 Å². The molecule has 2 fully saturated rings. The van der Waals surface area contributed by atoms with Crippen molar-refractivity contribution in [1.82, 2.24) is 0 Å². The second-order valence-electron chi connectivity index (χ2n) is 9.14. The molecule has 5 N–H and O–H groups in total. The van der Waals surface area contributed by atoms with Crippen molar-refractivity contribution in [2.45, 2.75) is 37.1 Å². The number of aliphatic hydroxyl groups is 4. The molecule has 2 aromatic carbocycles. The van der Waals surface area contributed by atoms with Crippen LogP contribution in [0.5, 0.6) is 28.7 Å². The van der Waals surface area contributed by atoms with Crippen LogP contribution >= 0.6 is 0 Å². The van der Waals surface area contributed by atoms with E-state index in [0.29, 0.717) is 29.1 Å². The molecule has 12 heteroatoms. The van der Waals surface area contributed by atoms with Gasteiger partial charge in [-0.05, 0) is 42.3 Å². The summed E-state index contributed by atoms with van der Waals surface area (Å²) in [6.07, 6.45) is -5.50. The first-order valence-corrected chi connectivity index (χ1v) is 11.9. The van der Waals surface area contributed by atoms with E-state index < -0.39 is 43.3 Å². The Balaban J connectivity index is 1.47. The lowest BCUT2D eigenvalue weighted by molar-refractivity contribution is -0.277. The number of carbonyl (C=O) groups is 1. The Bertz CT molecular complexity index is 1220. The molecule has 0 bridgehead atoms. The van der Waals surface area contributed by atoms with E-state index in [1.165, 1.54) is 13.2 Å². The highest BCUT2D eigenvalue weighted by Gasteiger charge is 2.45. The fourth-order valence-corrected chi connectivity index (χ4v) is 4.64. The van der Waals surface area contributed by atoms with Crippen LogP contribution < -0.4 is 18.9 Å². The average Bonchev–Trinajstić information content (AvgIpc) is 3.53. The zero-order valence-corrected chi connectivity index (χ0v) is 20.4. The molecular weight excluding hydrogens is 504 g/mol. The highest BCUT2D eigenvalue weighted by Crippen LogP contribution is 2.46. The average molecular weight is 532 g/mol. The molecule has 2 saturated heterocycles. The third kappa shape index (κ3) is 4.84. The molecule has 3 aliphatic heterocycles. The molecule has 0 amide bonds. The lowest BCUT2D eigenvalue weighted by Gasteiger charge is -2.39.